The van der Waals surface area contributed by atoms with E-state index in [2.05, 4.69) is 37.0 Å². The summed E-state index contributed by atoms with van der Waals surface area (Å²) >= 11 is 1.46. The van der Waals surface area contributed by atoms with E-state index in [1.54, 1.807) is 11.8 Å². The second-order valence-corrected chi connectivity index (χ2v) is 7.55. The Morgan fingerprint density at radius 2 is 1.68 bits per heavy atom. The first kappa shape index (κ1) is 17.6. The van der Waals surface area contributed by atoms with Gasteiger partial charge in [-0.25, -0.2) is 4.98 Å². The average Bonchev–Trinajstić information content (AvgIpc) is 2.95. The van der Waals surface area contributed by atoms with Gasteiger partial charge >= 0.3 is 0 Å². The molecule has 2 aromatic rings. The Morgan fingerprint density at radius 3 is 2.28 bits per heavy atom. The van der Waals surface area contributed by atoms with Gasteiger partial charge in [-0.15, -0.1) is 11.3 Å². The Labute approximate surface area is 152 Å². The van der Waals surface area contributed by atoms with E-state index >= 15 is 0 Å². The van der Waals surface area contributed by atoms with Gasteiger partial charge in [0.15, 0.2) is 0 Å². The molecule has 1 aromatic carbocycles. The van der Waals surface area contributed by atoms with Crippen molar-refractivity contribution in [1.82, 2.24) is 14.8 Å². The molecule has 3 rings (SSSR count). The van der Waals surface area contributed by atoms with Gasteiger partial charge in [0.05, 0.1) is 5.69 Å². The summed E-state index contributed by atoms with van der Waals surface area (Å²) in [5.41, 5.74) is 4.25. The van der Waals surface area contributed by atoms with Crippen molar-refractivity contribution < 1.29 is 9.59 Å². The summed E-state index contributed by atoms with van der Waals surface area (Å²) in [6, 6.07) is 6.28. The smallest absolute Gasteiger partial charge is 0.265 e. The molecule has 0 bridgehead atoms. The topological polar surface area (TPSA) is 53.5 Å². The molecule has 0 radical (unpaired) electrons. The Morgan fingerprint density at radius 1 is 1.04 bits per heavy atom. The average molecular weight is 357 g/mol. The molecular weight excluding hydrogens is 334 g/mol. The van der Waals surface area contributed by atoms with E-state index in [1.165, 1.54) is 22.5 Å². The van der Waals surface area contributed by atoms with Crippen LogP contribution in [0.4, 0.5) is 0 Å². The zero-order valence-corrected chi connectivity index (χ0v) is 15.9. The number of thiazole rings is 1. The lowest BCUT2D eigenvalue weighted by atomic mass is 10.1. The highest BCUT2D eigenvalue weighted by Gasteiger charge is 2.26. The Bertz CT molecular complexity index is 820. The van der Waals surface area contributed by atoms with Crippen molar-refractivity contribution in [3.05, 3.63) is 39.9 Å². The molecule has 0 aliphatic carbocycles. The van der Waals surface area contributed by atoms with Crippen molar-refractivity contribution in [2.24, 2.45) is 0 Å². The van der Waals surface area contributed by atoms with E-state index in [-0.39, 0.29) is 11.8 Å². The number of carbonyl (C=O) groups is 2. The normalized spacial score (nSPS) is 14.7. The number of aromatic nitrogens is 1. The maximum absolute atomic E-state index is 12.9. The van der Waals surface area contributed by atoms with Crippen molar-refractivity contribution in [2.75, 3.05) is 26.2 Å². The standard InChI is InChI=1S/C19H23N3O2S/c1-12-5-6-16(13(2)11-12)18-20-14(3)17(25-18)19(24)22-9-7-21(8-10-22)15(4)23/h5-6,11H,7-10H2,1-4H3. The number of rotatable bonds is 2. The molecule has 0 atom stereocenters. The van der Waals surface area contributed by atoms with Gasteiger partial charge in [-0.05, 0) is 26.3 Å². The van der Waals surface area contributed by atoms with Crippen molar-refractivity contribution >= 4 is 23.2 Å². The van der Waals surface area contributed by atoms with E-state index in [0.717, 1.165) is 16.3 Å². The monoisotopic (exact) mass is 357 g/mol. The van der Waals surface area contributed by atoms with E-state index in [9.17, 15) is 9.59 Å². The second kappa shape index (κ2) is 6.96. The van der Waals surface area contributed by atoms with Gasteiger partial charge in [0.1, 0.15) is 9.88 Å². The molecule has 1 saturated heterocycles. The molecule has 1 aliphatic rings. The molecular formula is C19H23N3O2S. The molecule has 1 fully saturated rings. The van der Waals surface area contributed by atoms with Gasteiger partial charge in [0, 0.05) is 38.7 Å². The van der Waals surface area contributed by atoms with Crippen LogP contribution in [0.1, 0.15) is 33.4 Å². The van der Waals surface area contributed by atoms with Gasteiger partial charge in [0.2, 0.25) is 5.91 Å². The molecule has 132 valence electrons. The number of hydrogen-bond donors (Lipinski definition) is 0. The van der Waals surface area contributed by atoms with Crippen LogP contribution in [0.15, 0.2) is 18.2 Å². The maximum atomic E-state index is 12.9. The number of carbonyl (C=O) groups excluding carboxylic acids is 2. The Kier molecular flexibility index (Phi) is 4.90. The summed E-state index contributed by atoms with van der Waals surface area (Å²) in [5, 5.41) is 0.890. The van der Waals surface area contributed by atoms with E-state index in [4.69, 9.17) is 0 Å². The van der Waals surface area contributed by atoms with Gasteiger partial charge in [-0.2, -0.15) is 0 Å². The van der Waals surface area contributed by atoms with Crippen LogP contribution < -0.4 is 0 Å². The molecule has 1 aromatic heterocycles. The maximum Gasteiger partial charge on any atom is 0.265 e. The van der Waals surface area contributed by atoms with Crippen LogP contribution in [0.2, 0.25) is 0 Å². The third-order valence-electron chi connectivity index (χ3n) is 4.62. The third-order valence-corrected chi connectivity index (χ3v) is 5.79. The third kappa shape index (κ3) is 3.58. The fourth-order valence-corrected chi connectivity index (χ4v) is 4.26. The zero-order chi connectivity index (χ0) is 18.1. The first-order chi connectivity index (χ1) is 11.9. The van der Waals surface area contributed by atoms with Crippen LogP contribution in [0.25, 0.3) is 10.6 Å². The number of benzene rings is 1. The quantitative estimate of drug-likeness (QED) is 0.830. The number of aryl methyl sites for hydroxylation is 3. The van der Waals surface area contributed by atoms with E-state index in [0.29, 0.717) is 31.1 Å². The van der Waals surface area contributed by atoms with E-state index in [1.807, 2.05) is 11.8 Å². The van der Waals surface area contributed by atoms with Crippen molar-refractivity contribution in [3.8, 4) is 10.6 Å². The lowest BCUT2D eigenvalue weighted by Gasteiger charge is -2.34. The lowest BCUT2D eigenvalue weighted by Crippen LogP contribution is -2.50. The fourth-order valence-electron chi connectivity index (χ4n) is 3.13. The molecule has 6 heteroatoms. The fraction of sp³-hybridized carbons (Fsp3) is 0.421. The SMILES string of the molecule is CC(=O)N1CCN(C(=O)c2sc(-c3ccc(C)cc3C)nc2C)CC1. The minimum Gasteiger partial charge on any atom is -0.339 e. The van der Waals surface area contributed by atoms with Gasteiger partial charge in [-0.3, -0.25) is 9.59 Å². The largest absolute Gasteiger partial charge is 0.339 e. The lowest BCUT2D eigenvalue weighted by molar-refractivity contribution is -0.130. The summed E-state index contributed by atoms with van der Waals surface area (Å²) in [6.07, 6.45) is 0. The zero-order valence-electron chi connectivity index (χ0n) is 15.1. The number of amides is 2. The Hall–Kier alpha value is -2.21. The van der Waals surface area contributed by atoms with E-state index < -0.39 is 0 Å². The predicted octanol–water partition coefficient (Wildman–Crippen LogP) is 3.04. The molecule has 0 N–H and O–H groups in total. The number of piperazine rings is 1. The molecule has 0 saturated carbocycles. The van der Waals surface area contributed by atoms with Crippen LogP contribution in [0.3, 0.4) is 0 Å². The van der Waals surface area contributed by atoms with Crippen molar-refractivity contribution in [1.29, 1.82) is 0 Å². The summed E-state index contributed by atoms with van der Waals surface area (Å²) in [6.45, 7) is 9.96. The van der Waals surface area contributed by atoms with Gasteiger partial charge < -0.3 is 9.80 Å². The first-order valence-corrected chi connectivity index (χ1v) is 9.28. The molecule has 25 heavy (non-hydrogen) atoms. The van der Waals surface area contributed by atoms with Crippen LogP contribution in [-0.2, 0) is 4.79 Å². The molecule has 0 spiro atoms. The summed E-state index contributed by atoms with van der Waals surface area (Å²) in [7, 11) is 0. The van der Waals surface area contributed by atoms with Gasteiger partial charge in [0.25, 0.3) is 5.91 Å². The van der Waals surface area contributed by atoms with Crippen molar-refractivity contribution in [3.63, 3.8) is 0 Å². The first-order valence-electron chi connectivity index (χ1n) is 8.46. The van der Waals surface area contributed by atoms with Crippen LogP contribution in [0.5, 0.6) is 0 Å². The second-order valence-electron chi connectivity index (χ2n) is 6.55. The highest BCUT2D eigenvalue weighted by molar-refractivity contribution is 7.17. The highest BCUT2D eigenvalue weighted by atomic mass is 32.1. The number of nitrogens with zero attached hydrogens (tertiary/aromatic N) is 3. The van der Waals surface area contributed by atoms with Crippen LogP contribution >= 0.6 is 11.3 Å². The number of hydrogen-bond acceptors (Lipinski definition) is 4. The minimum atomic E-state index is 0.0224. The van der Waals surface area contributed by atoms with Crippen LogP contribution in [-0.4, -0.2) is 52.8 Å². The minimum absolute atomic E-state index is 0.0224. The molecule has 2 amide bonds. The highest BCUT2D eigenvalue weighted by Crippen LogP contribution is 2.31. The van der Waals surface area contributed by atoms with Crippen LogP contribution in [0, 0.1) is 20.8 Å². The summed E-state index contributed by atoms with van der Waals surface area (Å²) < 4.78 is 0. The Balaban J connectivity index is 1.81. The molecule has 2 heterocycles. The van der Waals surface area contributed by atoms with Crippen molar-refractivity contribution in [2.45, 2.75) is 27.7 Å². The predicted molar refractivity (Wildman–Crippen MR) is 99.9 cm³/mol. The molecule has 5 nitrogen and oxygen atoms in total. The summed E-state index contributed by atoms with van der Waals surface area (Å²) in [5.74, 6) is 0.0902. The molecule has 1 aliphatic heterocycles. The van der Waals surface area contributed by atoms with Gasteiger partial charge in [-0.1, -0.05) is 23.8 Å². The summed E-state index contributed by atoms with van der Waals surface area (Å²) in [4.78, 5) is 33.2. The molecule has 0 unspecified atom stereocenters.